The van der Waals surface area contributed by atoms with Gasteiger partial charge in [0.1, 0.15) is 5.69 Å². The molecule has 1 heterocycles. The molecule has 104 valence electrons. The van der Waals surface area contributed by atoms with Gasteiger partial charge in [-0.25, -0.2) is 4.79 Å². The van der Waals surface area contributed by atoms with Gasteiger partial charge in [0.15, 0.2) is 0 Å². The molecule has 7 nitrogen and oxygen atoms in total. The van der Waals surface area contributed by atoms with Crippen LogP contribution >= 0.6 is 0 Å². The number of hydrogen-bond acceptors (Lipinski definition) is 4. The van der Waals surface area contributed by atoms with Crippen LogP contribution in [0.15, 0.2) is 15.2 Å². The molecule has 0 saturated heterocycles. The molecule has 1 rings (SSSR count). The van der Waals surface area contributed by atoms with Crippen LogP contribution in [0.4, 0.5) is 5.69 Å². The number of hydrogen-bond donors (Lipinski definition) is 0. The minimum Gasteiger partial charge on any atom is -0.285 e. The molecule has 0 bridgehead atoms. The van der Waals surface area contributed by atoms with Gasteiger partial charge in [0, 0.05) is 13.1 Å². The van der Waals surface area contributed by atoms with Crippen molar-refractivity contribution in [1.29, 1.82) is 0 Å². The topological polar surface area (TPSA) is 87.1 Å². The predicted octanol–water partition coefficient (Wildman–Crippen LogP) is 1.46. The van der Waals surface area contributed by atoms with Crippen LogP contribution in [-0.2, 0) is 7.05 Å². The summed E-state index contributed by atoms with van der Waals surface area (Å²) in [5.74, 6) is 0. The first-order chi connectivity index (χ1) is 8.68. The molecular weight excluding hydrogens is 250 g/mol. The second kappa shape index (κ2) is 5.21. The molecule has 19 heavy (non-hydrogen) atoms. The Hall–Kier alpha value is -2.18. The standard InChI is InChI=1S/C12H17N3O4/c1-7(2)6-9-10(15(18)19)11(16)13(5)12(17)14(9)8(3)4/h6,8H,1-5H3. The smallest absolute Gasteiger partial charge is 0.285 e. The van der Waals surface area contributed by atoms with Crippen molar-refractivity contribution in [3.8, 4) is 0 Å². The Labute approximate surface area is 109 Å². The first kappa shape index (κ1) is 14.9. The number of aromatic nitrogens is 2. The SMILES string of the molecule is CC(C)=Cc1c([N+](=O)[O-])c(=O)n(C)c(=O)n1C(C)C. The van der Waals surface area contributed by atoms with E-state index in [1.165, 1.54) is 17.7 Å². The summed E-state index contributed by atoms with van der Waals surface area (Å²) < 4.78 is 2.02. The van der Waals surface area contributed by atoms with Gasteiger partial charge in [-0.15, -0.1) is 0 Å². The second-order valence-electron chi connectivity index (χ2n) is 4.82. The zero-order valence-electron chi connectivity index (χ0n) is 11.6. The second-order valence-corrected chi connectivity index (χ2v) is 4.82. The summed E-state index contributed by atoms with van der Waals surface area (Å²) in [5, 5.41) is 11.1. The highest BCUT2D eigenvalue weighted by Crippen LogP contribution is 2.18. The van der Waals surface area contributed by atoms with Crippen LogP contribution in [0.3, 0.4) is 0 Å². The summed E-state index contributed by atoms with van der Waals surface area (Å²) >= 11 is 0. The summed E-state index contributed by atoms with van der Waals surface area (Å²) in [6.07, 6.45) is 1.49. The van der Waals surface area contributed by atoms with Crippen LogP contribution in [-0.4, -0.2) is 14.1 Å². The van der Waals surface area contributed by atoms with E-state index in [1.54, 1.807) is 27.7 Å². The Morgan fingerprint density at radius 2 is 1.84 bits per heavy atom. The number of nitrogens with zero attached hydrogens (tertiary/aromatic N) is 3. The molecule has 0 unspecified atom stereocenters. The largest absolute Gasteiger partial charge is 0.357 e. The Bertz CT molecular complexity index is 661. The lowest BCUT2D eigenvalue weighted by Crippen LogP contribution is -2.41. The monoisotopic (exact) mass is 267 g/mol. The van der Waals surface area contributed by atoms with Crippen molar-refractivity contribution in [2.45, 2.75) is 33.7 Å². The van der Waals surface area contributed by atoms with Gasteiger partial charge in [-0.1, -0.05) is 5.57 Å². The summed E-state index contributed by atoms with van der Waals surface area (Å²) in [7, 11) is 1.24. The van der Waals surface area contributed by atoms with Gasteiger partial charge in [0.05, 0.1) is 4.92 Å². The van der Waals surface area contributed by atoms with Gasteiger partial charge in [-0.3, -0.25) is 24.0 Å². The first-order valence-electron chi connectivity index (χ1n) is 5.83. The molecule has 1 aromatic heterocycles. The van der Waals surface area contributed by atoms with Gasteiger partial charge < -0.3 is 0 Å². The van der Waals surface area contributed by atoms with Crippen LogP contribution in [0.1, 0.15) is 39.4 Å². The molecule has 0 aromatic carbocycles. The average Bonchev–Trinajstić information content (AvgIpc) is 2.24. The fourth-order valence-electron chi connectivity index (χ4n) is 1.82. The molecule has 0 atom stereocenters. The Morgan fingerprint density at radius 3 is 2.21 bits per heavy atom. The molecule has 1 aromatic rings. The lowest BCUT2D eigenvalue weighted by Gasteiger charge is -2.15. The average molecular weight is 267 g/mol. The maximum atomic E-state index is 12.1. The zero-order valence-corrected chi connectivity index (χ0v) is 11.6. The van der Waals surface area contributed by atoms with Crippen LogP contribution in [0.25, 0.3) is 6.08 Å². The van der Waals surface area contributed by atoms with Gasteiger partial charge in [0.25, 0.3) is 0 Å². The van der Waals surface area contributed by atoms with Crippen molar-refractivity contribution in [3.63, 3.8) is 0 Å². The minimum absolute atomic E-state index is 0.0492. The molecule has 0 N–H and O–H groups in total. The third kappa shape index (κ3) is 2.64. The van der Waals surface area contributed by atoms with Crippen molar-refractivity contribution in [1.82, 2.24) is 9.13 Å². The van der Waals surface area contributed by atoms with Gasteiger partial charge >= 0.3 is 16.9 Å². The normalized spacial score (nSPS) is 10.6. The van der Waals surface area contributed by atoms with E-state index < -0.39 is 21.9 Å². The summed E-state index contributed by atoms with van der Waals surface area (Å²) in [4.78, 5) is 34.3. The van der Waals surface area contributed by atoms with Gasteiger partial charge in [-0.05, 0) is 33.8 Å². The van der Waals surface area contributed by atoms with Gasteiger partial charge in [0.2, 0.25) is 0 Å². The molecule has 0 aliphatic carbocycles. The lowest BCUT2D eigenvalue weighted by molar-refractivity contribution is -0.387. The Kier molecular flexibility index (Phi) is 4.08. The molecule has 0 fully saturated rings. The van der Waals surface area contributed by atoms with Crippen molar-refractivity contribution < 1.29 is 4.92 Å². The third-order valence-electron chi connectivity index (χ3n) is 2.63. The van der Waals surface area contributed by atoms with E-state index in [-0.39, 0.29) is 11.7 Å². The number of rotatable bonds is 3. The molecule has 0 spiro atoms. The van der Waals surface area contributed by atoms with E-state index in [2.05, 4.69) is 0 Å². The zero-order chi connectivity index (χ0) is 14.9. The Morgan fingerprint density at radius 1 is 1.32 bits per heavy atom. The van der Waals surface area contributed by atoms with E-state index in [0.29, 0.717) is 0 Å². The predicted molar refractivity (Wildman–Crippen MR) is 72.3 cm³/mol. The summed E-state index contributed by atoms with van der Waals surface area (Å²) in [5.41, 5.74) is -1.20. The lowest BCUT2D eigenvalue weighted by atomic mass is 10.2. The van der Waals surface area contributed by atoms with Crippen LogP contribution in [0.2, 0.25) is 0 Å². The molecule has 7 heteroatoms. The highest BCUT2D eigenvalue weighted by Gasteiger charge is 2.26. The quantitative estimate of drug-likeness (QED) is 0.612. The van der Waals surface area contributed by atoms with E-state index in [9.17, 15) is 19.7 Å². The molecule has 0 aliphatic rings. The third-order valence-corrected chi connectivity index (χ3v) is 2.63. The highest BCUT2D eigenvalue weighted by molar-refractivity contribution is 5.58. The van der Waals surface area contributed by atoms with Crippen molar-refractivity contribution in [2.24, 2.45) is 7.05 Å². The van der Waals surface area contributed by atoms with Crippen LogP contribution in [0, 0.1) is 10.1 Å². The van der Waals surface area contributed by atoms with E-state index in [4.69, 9.17) is 0 Å². The maximum Gasteiger partial charge on any atom is 0.357 e. The molecule has 0 saturated carbocycles. The molecule has 0 radical (unpaired) electrons. The number of nitro groups is 1. The van der Waals surface area contributed by atoms with Gasteiger partial charge in [-0.2, -0.15) is 0 Å². The van der Waals surface area contributed by atoms with Crippen molar-refractivity contribution in [2.75, 3.05) is 0 Å². The summed E-state index contributed by atoms with van der Waals surface area (Å²) in [6, 6.07) is -0.288. The highest BCUT2D eigenvalue weighted by atomic mass is 16.6. The van der Waals surface area contributed by atoms with Crippen LogP contribution in [0.5, 0.6) is 0 Å². The molecule has 0 aliphatic heterocycles. The molecular formula is C12H17N3O4. The van der Waals surface area contributed by atoms with Crippen LogP contribution < -0.4 is 11.2 Å². The first-order valence-corrected chi connectivity index (χ1v) is 5.83. The number of allylic oxidation sites excluding steroid dienone is 1. The van der Waals surface area contributed by atoms with Crippen molar-refractivity contribution in [3.05, 3.63) is 42.2 Å². The summed E-state index contributed by atoms with van der Waals surface area (Å²) in [6.45, 7) is 6.96. The minimum atomic E-state index is -0.889. The van der Waals surface area contributed by atoms with E-state index in [1.807, 2.05) is 0 Å². The van der Waals surface area contributed by atoms with E-state index >= 15 is 0 Å². The van der Waals surface area contributed by atoms with E-state index in [0.717, 1.165) is 10.1 Å². The van der Waals surface area contributed by atoms with Crippen molar-refractivity contribution >= 4 is 11.8 Å². The maximum absolute atomic E-state index is 12.1. The fraction of sp³-hybridized carbons (Fsp3) is 0.500. The Balaban J connectivity index is 4.03. The molecule has 0 amide bonds. The fourth-order valence-corrected chi connectivity index (χ4v) is 1.82.